The van der Waals surface area contributed by atoms with Crippen LogP contribution in [0, 0.1) is 0 Å². The van der Waals surface area contributed by atoms with Crippen LogP contribution in [0.15, 0.2) is 36.4 Å². The number of esters is 1. The number of aliphatic hydroxyl groups is 1. The molecule has 0 aliphatic rings. The second-order valence-electron chi connectivity index (χ2n) is 8.07. The molecule has 4 nitrogen and oxygen atoms in total. The largest absolute Gasteiger partial charge is 0.490 e. The van der Waals surface area contributed by atoms with Crippen molar-refractivity contribution in [3.63, 3.8) is 0 Å². The van der Waals surface area contributed by atoms with Gasteiger partial charge in [-0.25, -0.2) is 4.79 Å². The summed E-state index contributed by atoms with van der Waals surface area (Å²) in [5.41, 5.74) is -0.00986. The van der Waals surface area contributed by atoms with Crippen LogP contribution in [-0.2, 0) is 10.2 Å². The van der Waals surface area contributed by atoms with Gasteiger partial charge < -0.3 is 14.6 Å². The van der Waals surface area contributed by atoms with E-state index in [0.29, 0.717) is 28.2 Å². The highest BCUT2D eigenvalue weighted by molar-refractivity contribution is 6.37. The van der Waals surface area contributed by atoms with Gasteiger partial charge in [0.05, 0.1) is 16.7 Å². The molecule has 0 heterocycles. The SMILES string of the molecule is CCCCOc1c(Cl)cc(C(C)(C)c2ccc(OC(=O)C(C)(C)O)cc2)cc1Cl. The number of rotatable bonds is 8. The van der Waals surface area contributed by atoms with E-state index in [2.05, 4.69) is 20.8 Å². The molecule has 0 bridgehead atoms. The maximum atomic E-state index is 11.8. The van der Waals surface area contributed by atoms with Crippen LogP contribution >= 0.6 is 23.2 Å². The topological polar surface area (TPSA) is 55.8 Å². The Morgan fingerprint density at radius 1 is 1.00 bits per heavy atom. The summed E-state index contributed by atoms with van der Waals surface area (Å²) in [4.78, 5) is 11.8. The van der Waals surface area contributed by atoms with Gasteiger partial charge in [0, 0.05) is 5.41 Å². The summed E-state index contributed by atoms with van der Waals surface area (Å²) in [6, 6.07) is 10.9. The van der Waals surface area contributed by atoms with Crippen molar-refractivity contribution in [2.24, 2.45) is 0 Å². The number of ether oxygens (including phenoxy) is 2. The minimum atomic E-state index is -1.55. The molecule has 0 aromatic heterocycles. The van der Waals surface area contributed by atoms with Crippen molar-refractivity contribution in [1.29, 1.82) is 0 Å². The lowest BCUT2D eigenvalue weighted by molar-refractivity contribution is -0.151. The van der Waals surface area contributed by atoms with Gasteiger partial charge in [-0.15, -0.1) is 0 Å². The van der Waals surface area contributed by atoms with E-state index in [0.717, 1.165) is 24.0 Å². The van der Waals surface area contributed by atoms with Gasteiger partial charge in [0.15, 0.2) is 11.4 Å². The number of halogens is 2. The lowest BCUT2D eigenvalue weighted by Gasteiger charge is -2.27. The van der Waals surface area contributed by atoms with Gasteiger partial charge in [-0.2, -0.15) is 0 Å². The zero-order valence-electron chi connectivity index (χ0n) is 17.5. The van der Waals surface area contributed by atoms with Gasteiger partial charge in [-0.1, -0.05) is 62.5 Å². The zero-order valence-corrected chi connectivity index (χ0v) is 19.0. The minimum absolute atomic E-state index is 0.368. The smallest absolute Gasteiger partial charge is 0.342 e. The molecule has 2 rings (SSSR count). The molecular formula is C23H28Cl2O4. The summed E-state index contributed by atoms with van der Waals surface area (Å²) >= 11 is 12.9. The molecule has 0 saturated heterocycles. The fraction of sp³-hybridized carbons (Fsp3) is 0.435. The second-order valence-corrected chi connectivity index (χ2v) is 8.88. The van der Waals surface area contributed by atoms with E-state index in [9.17, 15) is 9.90 Å². The van der Waals surface area contributed by atoms with Crippen molar-refractivity contribution in [2.75, 3.05) is 6.61 Å². The molecule has 0 unspecified atom stereocenters. The van der Waals surface area contributed by atoms with Crippen LogP contribution in [0.25, 0.3) is 0 Å². The molecule has 0 saturated carbocycles. The summed E-state index contributed by atoms with van der Waals surface area (Å²) < 4.78 is 10.9. The van der Waals surface area contributed by atoms with Crippen LogP contribution < -0.4 is 9.47 Å². The predicted octanol–water partition coefficient (Wildman–Crippen LogP) is 6.17. The first-order chi connectivity index (χ1) is 13.5. The number of benzene rings is 2. The van der Waals surface area contributed by atoms with Crippen molar-refractivity contribution in [2.45, 2.75) is 58.5 Å². The third kappa shape index (κ3) is 5.88. The van der Waals surface area contributed by atoms with Crippen LogP contribution in [0.3, 0.4) is 0 Å². The summed E-state index contributed by atoms with van der Waals surface area (Å²) in [5.74, 6) is 0.171. The van der Waals surface area contributed by atoms with Crippen LogP contribution in [0.5, 0.6) is 11.5 Å². The van der Waals surface area contributed by atoms with Crippen molar-refractivity contribution in [3.8, 4) is 11.5 Å². The molecule has 0 atom stereocenters. The standard InChI is InChI=1S/C23H28Cl2O4/c1-6-7-12-28-20-18(24)13-16(14-19(20)25)22(2,3)15-8-10-17(11-9-15)29-21(26)23(4,5)27/h8-11,13-14,27H,6-7,12H2,1-5H3. The van der Waals surface area contributed by atoms with Gasteiger partial charge in [0.25, 0.3) is 0 Å². The molecule has 0 amide bonds. The fourth-order valence-electron chi connectivity index (χ4n) is 2.72. The number of hydrogen-bond donors (Lipinski definition) is 1. The fourth-order valence-corrected chi connectivity index (χ4v) is 3.31. The maximum absolute atomic E-state index is 11.8. The molecule has 0 spiro atoms. The molecule has 29 heavy (non-hydrogen) atoms. The normalized spacial score (nSPS) is 12.0. The van der Waals surface area contributed by atoms with Gasteiger partial charge in [-0.05, 0) is 55.7 Å². The van der Waals surface area contributed by atoms with Crippen LogP contribution in [0.4, 0.5) is 0 Å². The number of carbonyl (C=O) groups excluding carboxylic acids is 1. The number of carbonyl (C=O) groups is 1. The third-order valence-corrected chi connectivity index (χ3v) is 5.31. The van der Waals surface area contributed by atoms with Crippen molar-refractivity contribution >= 4 is 29.2 Å². The lowest BCUT2D eigenvalue weighted by Crippen LogP contribution is -2.35. The molecule has 158 valence electrons. The Morgan fingerprint density at radius 3 is 2.03 bits per heavy atom. The van der Waals surface area contributed by atoms with Gasteiger partial charge in [-0.3, -0.25) is 0 Å². The van der Waals surface area contributed by atoms with Gasteiger partial charge in [0.1, 0.15) is 5.75 Å². The Kier molecular flexibility index (Phi) is 7.61. The molecule has 0 fully saturated rings. The number of unbranched alkanes of at least 4 members (excludes halogenated alkanes) is 1. The van der Waals surface area contributed by atoms with Gasteiger partial charge >= 0.3 is 5.97 Å². The Hall–Kier alpha value is -1.75. The van der Waals surface area contributed by atoms with Gasteiger partial charge in [0.2, 0.25) is 0 Å². The van der Waals surface area contributed by atoms with E-state index in [-0.39, 0.29) is 0 Å². The lowest BCUT2D eigenvalue weighted by atomic mass is 9.78. The van der Waals surface area contributed by atoms with Crippen LogP contribution in [0.2, 0.25) is 10.0 Å². The molecule has 6 heteroatoms. The summed E-state index contributed by atoms with van der Waals surface area (Å²) in [5, 5.41) is 10.7. The molecule has 1 N–H and O–H groups in total. The molecule has 0 aliphatic carbocycles. The predicted molar refractivity (Wildman–Crippen MR) is 117 cm³/mol. The van der Waals surface area contributed by atoms with Crippen LogP contribution in [-0.4, -0.2) is 23.3 Å². The number of hydrogen-bond acceptors (Lipinski definition) is 4. The monoisotopic (exact) mass is 438 g/mol. The first-order valence-electron chi connectivity index (χ1n) is 9.64. The van der Waals surface area contributed by atoms with Crippen molar-refractivity contribution in [1.82, 2.24) is 0 Å². The molecule has 0 radical (unpaired) electrons. The summed E-state index contributed by atoms with van der Waals surface area (Å²) in [7, 11) is 0. The Balaban J connectivity index is 2.25. The molecule has 2 aromatic rings. The quantitative estimate of drug-likeness (QED) is 0.303. The van der Waals surface area contributed by atoms with E-state index in [1.807, 2.05) is 24.3 Å². The van der Waals surface area contributed by atoms with E-state index in [1.54, 1.807) is 12.1 Å². The zero-order chi connectivity index (χ0) is 21.8. The Morgan fingerprint density at radius 2 is 1.55 bits per heavy atom. The first kappa shape index (κ1) is 23.5. The molecule has 2 aromatic carbocycles. The Bertz CT molecular complexity index is 829. The Labute approximate surface area is 182 Å². The highest BCUT2D eigenvalue weighted by Gasteiger charge is 2.28. The third-order valence-electron chi connectivity index (χ3n) is 4.75. The highest BCUT2D eigenvalue weighted by Crippen LogP contribution is 2.40. The van der Waals surface area contributed by atoms with E-state index in [4.69, 9.17) is 32.7 Å². The summed E-state index contributed by atoms with van der Waals surface area (Å²) in [6.45, 7) is 9.55. The van der Waals surface area contributed by atoms with E-state index < -0.39 is 17.0 Å². The first-order valence-corrected chi connectivity index (χ1v) is 10.4. The van der Waals surface area contributed by atoms with E-state index >= 15 is 0 Å². The molecule has 0 aliphatic heterocycles. The second kappa shape index (κ2) is 9.38. The summed E-state index contributed by atoms with van der Waals surface area (Å²) in [6.07, 6.45) is 1.96. The average Bonchev–Trinajstić information content (AvgIpc) is 2.63. The van der Waals surface area contributed by atoms with E-state index in [1.165, 1.54) is 13.8 Å². The van der Waals surface area contributed by atoms with Crippen LogP contribution in [0.1, 0.15) is 58.6 Å². The molecular weight excluding hydrogens is 411 g/mol. The highest BCUT2D eigenvalue weighted by atomic mass is 35.5. The minimum Gasteiger partial charge on any atom is -0.490 e. The maximum Gasteiger partial charge on any atom is 0.342 e. The average molecular weight is 439 g/mol. The van der Waals surface area contributed by atoms with Crippen molar-refractivity contribution < 1.29 is 19.4 Å². The van der Waals surface area contributed by atoms with Crippen molar-refractivity contribution in [3.05, 3.63) is 57.6 Å².